The molecule has 154 valence electrons. The Morgan fingerprint density at radius 2 is 1.73 bits per heavy atom. The zero-order valence-corrected chi connectivity index (χ0v) is 16.4. The number of hydrogen-bond acceptors (Lipinski definition) is 4. The van der Waals surface area contributed by atoms with Gasteiger partial charge >= 0.3 is 11.7 Å². The van der Waals surface area contributed by atoms with E-state index in [-0.39, 0.29) is 27.8 Å². The zero-order valence-electron chi connectivity index (χ0n) is 15.6. The molecule has 0 saturated carbocycles. The van der Waals surface area contributed by atoms with Crippen molar-refractivity contribution in [3.8, 4) is 5.69 Å². The van der Waals surface area contributed by atoms with Gasteiger partial charge < -0.3 is 0 Å². The summed E-state index contributed by atoms with van der Waals surface area (Å²) >= 11 is 0. The molecule has 6 nitrogen and oxygen atoms in total. The zero-order chi connectivity index (χ0) is 21.5. The van der Waals surface area contributed by atoms with Crippen LogP contribution in [-0.4, -0.2) is 23.4 Å². The fourth-order valence-corrected chi connectivity index (χ4v) is 4.32. The second kappa shape index (κ2) is 7.52. The first kappa shape index (κ1) is 20.0. The van der Waals surface area contributed by atoms with Crippen molar-refractivity contribution in [1.29, 1.82) is 0 Å². The predicted octanol–water partition coefficient (Wildman–Crippen LogP) is 3.52. The van der Waals surface area contributed by atoms with Crippen LogP contribution in [0.5, 0.6) is 0 Å². The largest absolute Gasteiger partial charge is 0.416 e. The molecule has 0 N–H and O–H groups in total. The van der Waals surface area contributed by atoms with Gasteiger partial charge in [0.25, 0.3) is 0 Å². The molecule has 1 unspecified atom stereocenters. The summed E-state index contributed by atoms with van der Waals surface area (Å²) in [6.07, 6.45) is -1.79. The van der Waals surface area contributed by atoms with Crippen molar-refractivity contribution in [3.63, 3.8) is 0 Å². The number of halogens is 3. The third kappa shape index (κ3) is 3.54. The maximum atomic E-state index is 13.2. The van der Waals surface area contributed by atoms with Crippen LogP contribution in [0.3, 0.4) is 0 Å². The molecular weight excluding hydrogens is 417 g/mol. The average molecular weight is 432 g/mol. The number of fused-ring (bicyclic) bond motifs is 1. The van der Waals surface area contributed by atoms with Crippen LogP contribution in [-0.2, 0) is 22.7 Å². The molecule has 0 amide bonds. The number of aromatic nitrogens is 4. The SMILES string of the molecule is Cc1c(-n2ccn3c(S(=O)Cc4ccccc4)nnc3c2=O)cccc1C(F)(F)F. The Morgan fingerprint density at radius 1 is 1.00 bits per heavy atom. The van der Waals surface area contributed by atoms with E-state index in [2.05, 4.69) is 10.2 Å². The summed E-state index contributed by atoms with van der Waals surface area (Å²) in [4.78, 5) is 12.9. The summed E-state index contributed by atoms with van der Waals surface area (Å²) in [6.45, 7) is 1.30. The molecule has 2 heterocycles. The fourth-order valence-electron chi connectivity index (χ4n) is 3.19. The summed E-state index contributed by atoms with van der Waals surface area (Å²) in [5.41, 5.74) is -0.754. The van der Waals surface area contributed by atoms with Gasteiger partial charge in [-0.15, -0.1) is 10.2 Å². The number of rotatable bonds is 4. The average Bonchev–Trinajstić information content (AvgIpc) is 3.14. The van der Waals surface area contributed by atoms with Crippen LogP contribution in [0.15, 0.2) is 70.9 Å². The van der Waals surface area contributed by atoms with Crippen LogP contribution in [0.2, 0.25) is 0 Å². The highest BCUT2D eigenvalue weighted by molar-refractivity contribution is 7.84. The highest BCUT2D eigenvalue weighted by atomic mass is 32.2. The summed E-state index contributed by atoms with van der Waals surface area (Å²) in [6, 6.07) is 12.8. The minimum Gasteiger partial charge on any atom is -0.279 e. The van der Waals surface area contributed by atoms with Gasteiger partial charge in [0, 0.05) is 12.4 Å². The van der Waals surface area contributed by atoms with Crippen LogP contribution in [0.1, 0.15) is 16.7 Å². The summed E-state index contributed by atoms with van der Waals surface area (Å²) < 4.78 is 54.8. The van der Waals surface area contributed by atoms with Gasteiger partial charge in [-0.25, -0.2) is 0 Å². The molecule has 0 spiro atoms. The van der Waals surface area contributed by atoms with Gasteiger partial charge in [0.1, 0.15) is 0 Å². The second-order valence-electron chi connectivity index (χ2n) is 6.57. The van der Waals surface area contributed by atoms with Crippen LogP contribution in [0.25, 0.3) is 11.3 Å². The van der Waals surface area contributed by atoms with Crippen LogP contribution in [0.4, 0.5) is 13.2 Å². The Labute approximate surface area is 171 Å². The topological polar surface area (TPSA) is 69.3 Å². The van der Waals surface area contributed by atoms with Gasteiger partial charge in [0.2, 0.25) is 10.8 Å². The maximum absolute atomic E-state index is 13.2. The van der Waals surface area contributed by atoms with E-state index in [9.17, 15) is 22.2 Å². The number of hydrogen-bond donors (Lipinski definition) is 0. The molecule has 2 aromatic carbocycles. The Bertz CT molecular complexity index is 1310. The molecule has 30 heavy (non-hydrogen) atoms. The predicted molar refractivity (Wildman–Crippen MR) is 105 cm³/mol. The Balaban J connectivity index is 1.77. The van der Waals surface area contributed by atoms with Crippen molar-refractivity contribution in [3.05, 3.63) is 88.0 Å². The maximum Gasteiger partial charge on any atom is 0.416 e. The minimum atomic E-state index is -4.54. The number of benzene rings is 2. The minimum absolute atomic E-state index is 0.0798. The number of alkyl halides is 3. The van der Waals surface area contributed by atoms with E-state index in [0.29, 0.717) is 0 Å². The van der Waals surface area contributed by atoms with E-state index in [1.165, 1.54) is 35.9 Å². The molecular formula is C20H15F3N4O2S. The lowest BCUT2D eigenvalue weighted by Gasteiger charge is -2.15. The molecule has 0 aliphatic carbocycles. The lowest BCUT2D eigenvalue weighted by molar-refractivity contribution is -0.138. The molecule has 0 aliphatic heterocycles. The fraction of sp³-hybridized carbons (Fsp3) is 0.150. The first-order valence-corrected chi connectivity index (χ1v) is 10.1. The van der Waals surface area contributed by atoms with E-state index in [0.717, 1.165) is 16.2 Å². The van der Waals surface area contributed by atoms with E-state index in [1.54, 1.807) is 0 Å². The lowest BCUT2D eigenvalue weighted by Crippen LogP contribution is -2.22. The van der Waals surface area contributed by atoms with Crippen LogP contribution >= 0.6 is 0 Å². The first-order chi connectivity index (χ1) is 14.3. The molecule has 0 saturated heterocycles. The standard InChI is InChI=1S/C20H15F3N4O2S/c1-13-15(20(21,22)23)8-5-9-16(13)26-10-11-27-17(18(26)28)24-25-19(27)30(29)12-14-6-3-2-4-7-14/h2-11H,12H2,1H3. The normalized spacial score (nSPS) is 12.9. The molecule has 0 fully saturated rings. The van der Waals surface area contributed by atoms with Gasteiger partial charge in [-0.1, -0.05) is 36.4 Å². The van der Waals surface area contributed by atoms with Crippen molar-refractivity contribution >= 4 is 16.4 Å². The summed E-state index contributed by atoms with van der Waals surface area (Å²) in [5.74, 6) is 0.192. The smallest absolute Gasteiger partial charge is 0.279 e. The molecule has 0 aliphatic rings. The summed E-state index contributed by atoms with van der Waals surface area (Å²) in [5, 5.41) is 7.81. The van der Waals surface area contributed by atoms with Crippen molar-refractivity contribution in [2.24, 2.45) is 0 Å². The highest BCUT2D eigenvalue weighted by Crippen LogP contribution is 2.33. The molecule has 1 atom stereocenters. The molecule has 4 rings (SSSR count). The van der Waals surface area contributed by atoms with Gasteiger partial charge in [0.15, 0.2) is 0 Å². The van der Waals surface area contributed by atoms with E-state index >= 15 is 0 Å². The van der Waals surface area contributed by atoms with E-state index in [1.807, 2.05) is 30.3 Å². The first-order valence-electron chi connectivity index (χ1n) is 8.83. The summed E-state index contributed by atoms with van der Waals surface area (Å²) in [7, 11) is -1.56. The van der Waals surface area contributed by atoms with Gasteiger partial charge in [-0.05, 0) is 30.2 Å². The van der Waals surface area contributed by atoms with E-state index in [4.69, 9.17) is 0 Å². The van der Waals surface area contributed by atoms with Crippen LogP contribution < -0.4 is 5.56 Å². The molecule has 2 aromatic heterocycles. The third-order valence-corrected chi connectivity index (χ3v) is 5.93. The monoisotopic (exact) mass is 432 g/mol. The van der Waals surface area contributed by atoms with Crippen molar-refractivity contribution in [2.45, 2.75) is 24.0 Å². The molecule has 4 aromatic rings. The van der Waals surface area contributed by atoms with Crippen molar-refractivity contribution in [2.75, 3.05) is 0 Å². The molecule has 0 bridgehead atoms. The van der Waals surface area contributed by atoms with Crippen molar-refractivity contribution < 1.29 is 17.4 Å². The molecule has 10 heteroatoms. The Kier molecular flexibility index (Phi) is 5.02. The molecule has 0 radical (unpaired) electrons. The second-order valence-corrected chi connectivity index (χ2v) is 7.92. The lowest BCUT2D eigenvalue weighted by atomic mass is 10.1. The van der Waals surface area contributed by atoms with E-state index < -0.39 is 28.1 Å². The van der Waals surface area contributed by atoms with Crippen molar-refractivity contribution in [1.82, 2.24) is 19.2 Å². The van der Waals surface area contributed by atoms with Gasteiger partial charge in [-0.2, -0.15) is 13.2 Å². The van der Waals surface area contributed by atoms with Gasteiger partial charge in [0.05, 0.1) is 27.8 Å². The third-order valence-electron chi connectivity index (χ3n) is 4.65. The van der Waals surface area contributed by atoms with Crippen LogP contribution in [0, 0.1) is 6.92 Å². The Morgan fingerprint density at radius 3 is 2.43 bits per heavy atom. The quantitative estimate of drug-likeness (QED) is 0.495. The number of nitrogens with zero attached hydrogens (tertiary/aromatic N) is 4. The Hall–Kier alpha value is -3.27. The van der Waals surface area contributed by atoms with Gasteiger partial charge in [-0.3, -0.25) is 18.0 Å². The highest BCUT2D eigenvalue weighted by Gasteiger charge is 2.33.